The molecule has 0 bridgehead atoms. The molecule has 0 spiro atoms. The van der Waals surface area contributed by atoms with Gasteiger partial charge in [-0.05, 0) is 36.4 Å². The first-order chi connectivity index (χ1) is 14.8. The predicted molar refractivity (Wildman–Crippen MR) is 137 cm³/mol. The Kier molecular flexibility index (Phi) is 41.4. The summed E-state index contributed by atoms with van der Waals surface area (Å²) >= 11 is 0. The van der Waals surface area contributed by atoms with Crippen molar-refractivity contribution in [2.45, 2.75) is 34.1 Å². The van der Waals surface area contributed by atoms with Crippen LogP contribution in [0.2, 0.25) is 0 Å². The van der Waals surface area contributed by atoms with Crippen molar-refractivity contribution in [3.05, 3.63) is 74.4 Å². The molecule has 35 heavy (non-hydrogen) atoms. The van der Waals surface area contributed by atoms with E-state index in [9.17, 15) is 0 Å². The van der Waals surface area contributed by atoms with Crippen LogP contribution in [0.1, 0.15) is 34.1 Å². The number of aromatic nitrogens is 3. The van der Waals surface area contributed by atoms with Crippen LogP contribution in [0.3, 0.4) is 0 Å². The van der Waals surface area contributed by atoms with Gasteiger partial charge in [0.15, 0.2) is 0 Å². The quantitative estimate of drug-likeness (QED) is 0.267. The molecule has 200 valence electrons. The Morgan fingerprint density at radius 2 is 1.00 bits per heavy atom. The van der Waals surface area contributed by atoms with Crippen LogP contribution in [-0.2, 0) is 50.4 Å². The van der Waals surface area contributed by atoms with Gasteiger partial charge in [-0.3, -0.25) is 19.6 Å². The molecule has 0 saturated carbocycles. The number of hydrogen-bond acceptors (Lipinski definition) is 6. The van der Waals surface area contributed by atoms with Crippen molar-refractivity contribution in [3.8, 4) is 29.3 Å². The number of rotatable bonds is 2. The fourth-order valence-corrected chi connectivity index (χ4v) is 1.75. The zero-order valence-corrected chi connectivity index (χ0v) is 24.4. The SMILES string of the molecule is C#N.CC(=O)O.CC(=O)O.CCC.S.[CH3-].[Pd].[Pd].c1ccc(-c2cccc(-c3ccccn3)n2)nc1. The van der Waals surface area contributed by atoms with Crippen molar-refractivity contribution in [3.63, 3.8) is 0 Å². The van der Waals surface area contributed by atoms with Crippen molar-refractivity contribution in [1.82, 2.24) is 15.0 Å². The van der Waals surface area contributed by atoms with E-state index >= 15 is 0 Å². The summed E-state index contributed by atoms with van der Waals surface area (Å²) in [6.45, 7) is 9.92. The topological polar surface area (TPSA) is 137 Å². The van der Waals surface area contributed by atoms with E-state index in [1.165, 1.54) is 6.42 Å². The Labute approximate surface area is 243 Å². The van der Waals surface area contributed by atoms with Gasteiger partial charge in [0.1, 0.15) is 0 Å². The minimum absolute atomic E-state index is 0. The van der Waals surface area contributed by atoms with Crippen molar-refractivity contribution < 1.29 is 60.6 Å². The molecule has 0 amide bonds. The number of carbonyl (C=O) groups is 2. The smallest absolute Gasteiger partial charge is 0.300 e. The summed E-state index contributed by atoms with van der Waals surface area (Å²) in [7, 11) is 0. The van der Waals surface area contributed by atoms with E-state index in [0.29, 0.717) is 0 Å². The summed E-state index contributed by atoms with van der Waals surface area (Å²) < 4.78 is 0. The molecule has 0 saturated heterocycles. The first-order valence-corrected chi connectivity index (χ1v) is 9.26. The van der Waals surface area contributed by atoms with Gasteiger partial charge in [0.2, 0.25) is 0 Å². The zero-order chi connectivity index (χ0) is 24.1. The number of nitriles is 1. The Balaban J connectivity index is -0.000000106. The van der Waals surface area contributed by atoms with Crippen LogP contribution in [-0.4, -0.2) is 37.1 Å². The Bertz CT molecular complexity index is 829. The molecular formula is C24H33N4O4Pd2S-. The van der Waals surface area contributed by atoms with Gasteiger partial charge >= 0.3 is 0 Å². The van der Waals surface area contributed by atoms with Crippen LogP contribution in [0.5, 0.6) is 0 Å². The van der Waals surface area contributed by atoms with Crippen molar-refractivity contribution in [1.29, 1.82) is 5.26 Å². The van der Waals surface area contributed by atoms with Crippen molar-refractivity contribution >= 4 is 25.4 Å². The monoisotopic (exact) mass is 685 g/mol. The molecule has 0 fully saturated rings. The fourth-order valence-electron chi connectivity index (χ4n) is 1.75. The van der Waals surface area contributed by atoms with Crippen LogP contribution in [0.15, 0.2) is 67.0 Å². The molecule has 0 aromatic carbocycles. The summed E-state index contributed by atoms with van der Waals surface area (Å²) in [6, 6.07) is 17.5. The van der Waals surface area contributed by atoms with Gasteiger partial charge in [0, 0.05) is 73.7 Å². The van der Waals surface area contributed by atoms with E-state index in [1.54, 1.807) is 12.4 Å². The average Bonchev–Trinajstić information content (AvgIpc) is 2.76. The molecule has 11 heteroatoms. The second-order valence-corrected chi connectivity index (χ2v) is 5.58. The van der Waals surface area contributed by atoms with Crippen LogP contribution < -0.4 is 0 Å². The van der Waals surface area contributed by atoms with Crippen molar-refractivity contribution in [2.75, 3.05) is 0 Å². The molecule has 0 aliphatic carbocycles. The van der Waals surface area contributed by atoms with E-state index in [4.69, 9.17) is 25.1 Å². The molecule has 0 unspecified atom stereocenters. The molecule has 0 aliphatic rings. The van der Waals surface area contributed by atoms with Crippen LogP contribution in [0.25, 0.3) is 22.8 Å². The third kappa shape index (κ3) is 27.7. The molecule has 3 aromatic heterocycles. The summed E-state index contributed by atoms with van der Waals surface area (Å²) in [6.07, 6.45) is 4.79. The predicted octanol–water partition coefficient (Wildman–Crippen LogP) is 5.50. The fraction of sp³-hybridized carbons (Fsp3) is 0.208. The molecule has 0 atom stereocenters. The molecule has 3 aromatic rings. The number of carboxylic acids is 2. The summed E-state index contributed by atoms with van der Waals surface area (Å²) in [5, 5.41) is 21.3. The summed E-state index contributed by atoms with van der Waals surface area (Å²) in [4.78, 5) is 31.2. The van der Waals surface area contributed by atoms with Gasteiger partial charge in [0.25, 0.3) is 11.9 Å². The second kappa shape index (κ2) is 31.6. The van der Waals surface area contributed by atoms with Crippen molar-refractivity contribution in [2.24, 2.45) is 0 Å². The van der Waals surface area contributed by atoms with E-state index in [1.807, 2.05) is 54.6 Å². The Morgan fingerprint density at radius 1 is 0.743 bits per heavy atom. The van der Waals surface area contributed by atoms with E-state index in [-0.39, 0.29) is 61.8 Å². The van der Waals surface area contributed by atoms with E-state index in [0.717, 1.165) is 36.6 Å². The molecule has 0 aliphatic heterocycles. The average molecular weight is 686 g/mol. The second-order valence-electron chi connectivity index (χ2n) is 5.58. The van der Waals surface area contributed by atoms with Gasteiger partial charge in [0.05, 0.1) is 22.8 Å². The number of aliphatic carboxylic acids is 2. The first kappa shape index (κ1) is 46.0. The minimum Gasteiger partial charge on any atom is -0.481 e. The van der Waals surface area contributed by atoms with E-state index in [2.05, 4.69) is 35.4 Å². The van der Waals surface area contributed by atoms with Gasteiger partial charge in [-0.15, -0.1) is 0 Å². The Morgan fingerprint density at radius 3 is 1.23 bits per heavy atom. The standard InChI is InChI=1S/C15H11N3.C3H8.2C2H4O2.CHN.CH3.2Pd.H2S/c1-3-10-16-12(6-1)14-8-5-9-15(18-14)13-7-2-4-11-17-13;1-3-2;2*1-2(3)4;1-2;;;;/h1-11H;3H2,1-2H3;2*1H3,(H,3,4);1H;1H3;;;1H2/q;;;;;-1;;;. The van der Waals surface area contributed by atoms with Gasteiger partial charge in [-0.2, -0.15) is 13.5 Å². The first-order valence-electron chi connectivity index (χ1n) is 9.26. The maximum absolute atomic E-state index is 9.00. The zero-order valence-electron chi connectivity index (χ0n) is 20.3. The number of hydrogen-bond donors (Lipinski definition) is 2. The molecule has 3 heterocycles. The van der Waals surface area contributed by atoms with Crippen LogP contribution in [0.4, 0.5) is 0 Å². The Hall–Kier alpha value is -2.45. The maximum atomic E-state index is 9.00. The third-order valence-corrected chi connectivity index (χ3v) is 2.60. The molecule has 2 N–H and O–H groups in total. The van der Waals surface area contributed by atoms with Gasteiger partial charge in [-0.1, -0.05) is 38.5 Å². The normalized spacial score (nSPS) is 7.26. The molecule has 3 rings (SSSR count). The largest absolute Gasteiger partial charge is 0.481 e. The van der Waals surface area contributed by atoms with Gasteiger partial charge < -0.3 is 17.6 Å². The number of nitrogens with zero attached hydrogens (tertiary/aromatic N) is 4. The number of carboxylic acid groups (broad SMARTS) is 2. The summed E-state index contributed by atoms with van der Waals surface area (Å²) in [5.41, 5.74) is 3.46. The number of pyridine rings is 3. The van der Waals surface area contributed by atoms with Gasteiger partial charge in [-0.25, -0.2) is 10.2 Å². The van der Waals surface area contributed by atoms with Crippen LogP contribution >= 0.6 is 13.5 Å². The summed E-state index contributed by atoms with van der Waals surface area (Å²) in [5.74, 6) is -1.67. The minimum atomic E-state index is -0.833. The molecular weight excluding hydrogens is 653 g/mol. The maximum Gasteiger partial charge on any atom is 0.300 e. The molecule has 8 nitrogen and oxygen atoms in total. The molecule has 0 radical (unpaired) electrons. The van der Waals surface area contributed by atoms with Crippen LogP contribution in [0, 0.1) is 19.3 Å². The van der Waals surface area contributed by atoms with E-state index < -0.39 is 11.9 Å². The third-order valence-electron chi connectivity index (χ3n) is 2.60.